The van der Waals surface area contributed by atoms with Gasteiger partial charge in [-0.05, 0) is 60.0 Å². The van der Waals surface area contributed by atoms with Gasteiger partial charge in [0.2, 0.25) is 5.91 Å². The Morgan fingerprint density at radius 1 is 0.889 bits per heavy atom. The number of carbonyl (C=O) groups is 2. The first-order valence-corrected chi connectivity index (χ1v) is 16.3. The summed E-state index contributed by atoms with van der Waals surface area (Å²) in [5, 5.41) is 11.9. The van der Waals surface area contributed by atoms with E-state index in [4.69, 9.17) is 4.74 Å². The molecule has 0 N–H and O–H groups in total. The predicted molar refractivity (Wildman–Crippen MR) is 178 cm³/mol. The molecule has 45 heavy (non-hydrogen) atoms. The highest BCUT2D eigenvalue weighted by atomic mass is 32.2. The van der Waals surface area contributed by atoms with Gasteiger partial charge >= 0.3 is 0 Å². The van der Waals surface area contributed by atoms with Gasteiger partial charge in [0, 0.05) is 55.5 Å². The molecule has 8 nitrogen and oxygen atoms in total. The maximum Gasteiger partial charge on any atom is 0.254 e. The third-order valence-corrected chi connectivity index (χ3v) is 9.28. The maximum atomic E-state index is 13.5. The Balaban J connectivity index is 1.05. The van der Waals surface area contributed by atoms with Crippen molar-refractivity contribution in [2.24, 2.45) is 0 Å². The number of fused-ring (bicyclic) bond motifs is 1. The van der Waals surface area contributed by atoms with Gasteiger partial charge in [0.15, 0.2) is 5.16 Å². The molecular weight excluding hydrogens is 582 g/mol. The first kappa shape index (κ1) is 30.4. The minimum atomic E-state index is -0.0605. The largest absolute Gasteiger partial charge is 0.497 e. The monoisotopic (exact) mass is 619 g/mol. The first-order valence-electron chi connectivity index (χ1n) is 15.3. The minimum absolute atomic E-state index is 0.0235. The number of thioether (sulfide) groups is 1. The third-order valence-electron chi connectivity index (χ3n) is 8.26. The Kier molecular flexibility index (Phi) is 9.45. The fourth-order valence-corrected chi connectivity index (χ4v) is 6.78. The van der Waals surface area contributed by atoms with Crippen LogP contribution < -0.4 is 4.74 Å². The Labute approximate surface area is 268 Å². The van der Waals surface area contributed by atoms with Crippen molar-refractivity contribution < 1.29 is 14.3 Å². The molecule has 1 aromatic heterocycles. The molecule has 1 saturated heterocycles. The molecule has 1 aliphatic rings. The van der Waals surface area contributed by atoms with E-state index < -0.39 is 0 Å². The Hall–Kier alpha value is -4.63. The molecule has 1 unspecified atom stereocenters. The smallest absolute Gasteiger partial charge is 0.254 e. The molecule has 0 saturated carbocycles. The summed E-state index contributed by atoms with van der Waals surface area (Å²) in [4.78, 5) is 30.5. The van der Waals surface area contributed by atoms with Gasteiger partial charge in [0.1, 0.15) is 11.6 Å². The van der Waals surface area contributed by atoms with Crippen molar-refractivity contribution in [3.05, 3.63) is 114 Å². The second-order valence-corrected chi connectivity index (χ2v) is 12.3. The van der Waals surface area contributed by atoms with Crippen molar-refractivity contribution in [1.82, 2.24) is 24.6 Å². The molecule has 0 radical (unpaired) electrons. The SMILES string of the molecule is COc1ccc(-n2c(Cc3ccccc3)nnc2SCCCC(=O)N2CCN(C(=O)c3cccc4ccccc34)C(C)C2)cc1. The summed E-state index contributed by atoms with van der Waals surface area (Å²) in [6.45, 7) is 3.63. The third kappa shape index (κ3) is 6.88. The molecular formula is C36H37N5O3S. The van der Waals surface area contributed by atoms with Crippen molar-refractivity contribution in [3.63, 3.8) is 0 Å². The maximum absolute atomic E-state index is 13.5. The van der Waals surface area contributed by atoms with Crippen molar-refractivity contribution in [1.29, 1.82) is 0 Å². The number of aromatic nitrogens is 3. The highest BCUT2D eigenvalue weighted by Gasteiger charge is 2.30. The number of rotatable bonds is 10. The van der Waals surface area contributed by atoms with Gasteiger partial charge in [-0.15, -0.1) is 10.2 Å². The van der Waals surface area contributed by atoms with Crippen LogP contribution in [0.5, 0.6) is 5.75 Å². The summed E-state index contributed by atoms with van der Waals surface area (Å²) in [5.41, 5.74) is 2.84. The average molecular weight is 620 g/mol. The van der Waals surface area contributed by atoms with E-state index in [0.29, 0.717) is 38.0 Å². The molecule has 1 atom stereocenters. The standard InChI is InChI=1S/C36H37N5O3S/c1-26-25-39(21-22-40(26)35(43)32-15-8-13-28-12-6-7-14-31(28)32)34(42)16-9-23-45-36-38-37-33(24-27-10-4-3-5-11-27)41(36)29-17-19-30(44-2)20-18-29/h3-8,10-15,17-20,26H,9,16,21-25H2,1-2H3. The molecule has 2 heterocycles. The van der Waals surface area contributed by atoms with Gasteiger partial charge in [-0.25, -0.2) is 0 Å². The molecule has 0 spiro atoms. The highest BCUT2D eigenvalue weighted by molar-refractivity contribution is 7.99. The van der Waals surface area contributed by atoms with Gasteiger partial charge in [-0.3, -0.25) is 14.2 Å². The van der Waals surface area contributed by atoms with E-state index in [2.05, 4.69) is 26.9 Å². The van der Waals surface area contributed by atoms with Crippen molar-refractivity contribution in [3.8, 4) is 11.4 Å². The van der Waals surface area contributed by atoms with Gasteiger partial charge < -0.3 is 14.5 Å². The normalized spacial score (nSPS) is 14.9. The Morgan fingerprint density at radius 2 is 1.64 bits per heavy atom. The summed E-state index contributed by atoms with van der Waals surface area (Å²) in [6, 6.07) is 31.9. The van der Waals surface area contributed by atoms with Crippen LogP contribution in [-0.4, -0.2) is 74.9 Å². The molecule has 0 bridgehead atoms. The van der Waals surface area contributed by atoms with E-state index >= 15 is 0 Å². The van der Waals surface area contributed by atoms with Crippen molar-refractivity contribution >= 4 is 34.3 Å². The quantitative estimate of drug-likeness (QED) is 0.136. The van der Waals surface area contributed by atoms with Crippen LogP contribution in [0.3, 0.4) is 0 Å². The van der Waals surface area contributed by atoms with Gasteiger partial charge in [-0.1, -0.05) is 78.5 Å². The summed E-state index contributed by atoms with van der Waals surface area (Å²) >= 11 is 1.61. The molecule has 6 rings (SSSR count). The van der Waals surface area contributed by atoms with Crippen molar-refractivity contribution in [2.75, 3.05) is 32.5 Å². The zero-order valence-corrected chi connectivity index (χ0v) is 26.5. The van der Waals surface area contributed by atoms with E-state index in [0.717, 1.165) is 50.9 Å². The fourth-order valence-electron chi connectivity index (χ4n) is 5.87. The van der Waals surface area contributed by atoms with Crippen LogP contribution in [0.1, 0.15) is 41.5 Å². The van der Waals surface area contributed by atoms with E-state index in [-0.39, 0.29) is 17.9 Å². The average Bonchev–Trinajstić information content (AvgIpc) is 3.48. The van der Waals surface area contributed by atoms with Crippen LogP contribution in [0.2, 0.25) is 0 Å². The van der Waals surface area contributed by atoms with Gasteiger partial charge in [0.05, 0.1) is 7.11 Å². The van der Waals surface area contributed by atoms with Crippen LogP contribution in [0.15, 0.2) is 102 Å². The van der Waals surface area contributed by atoms with E-state index in [9.17, 15) is 9.59 Å². The number of benzene rings is 4. The molecule has 1 fully saturated rings. The van der Waals surface area contributed by atoms with Crippen LogP contribution in [0, 0.1) is 0 Å². The lowest BCUT2D eigenvalue weighted by atomic mass is 10.0. The molecule has 9 heteroatoms. The lowest BCUT2D eigenvalue weighted by Gasteiger charge is -2.40. The van der Waals surface area contributed by atoms with E-state index in [1.54, 1.807) is 18.9 Å². The molecule has 1 aliphatic heterocycles. The van der Waals surface area contributed by atoms with Crippen LogP contribution in [0.25, 0.3) is 16.5 Å². The topological polar surface area (TPSA) is 80.6 Å². The van der Waals surface area contributed by atoms with Crippen LogP contribution in [-0.2, 0) is 11.2 Å². The van der Waals surface area contributed by atoms with E-state index in [1.807, 2.05) is 102 Å². The van der Waals surface area contributed by atoms with E-state index in [1.165, 1.54) is 0 Å². The summed E-state index contributed by atoms with van der Waals surface area (Å²) < 4.78 is 7.44. The summed E-state index contributed by atoms with van der Waals surface area (Å²) in [7, 11) is 1.66. The lowest BCUT2D eigenvalue weighted by molar-refractivity contribution is -0.133. The summed E-state index contributed by atoms with van der Waals surface area (Å²) in [5.74, 6) is 2.53. The molecule has 5 aromatic rings. The summed E-state index contributed by atoms with van der Waals surface area (Å²) in [6.07, 6.45) is 1.83. The molecule has 4 aromatic carbocycles. The zero-order chi connectivity index (χ0) is 31.2. The number of hydrogen-bond acceptors (Lipinski definition) is 6. The second kappa shape index (κ2) is 14.0. The lowest BCUT2D eigenvalue weighted by Crippen LogP contribution is -2.55. The molecule has 2 amide bonds. The number of carbonyl (C=O) groups excluding carboxylic acids is 2. The van der Waals surface area contributed by atoms with Crippen LogP contribution in [0.4, 0.5) is 0 Å². The van der Waals surface area contributed by atoms with Crippen molar-refractivity contribution in [2.45, 2.75) is 37.4 Å². The number of nitrogens with zero attached hydrogens (tertiary/aromatic N) is 5. The molecule has 230 valence electrons. The first-order chi connectivity index (χ1) is 22.0. The minimum Gasteiger partial charge on any atom is -0.497 e. The predicted octanol–water partition coefficient (Wildman–Crippen LogP) is 6.27. The van der Waals surface area contributed by atoms with Gasteiger partial charge in [0.25, 0.3) is 5.91 Å². The Bertz CT molecular complexity index is 1770. The zero-order valence-electron chi connectivity index (χ0n) is 25.6. The number of amides is 2. The Morgan fingerprint density at radius 3 is 2.42 bits per heavy atom. The van der Waals surface area contributed by atoms with Crippen LogP contribution >= 0.6 is 11.8 Å². The number of methoxy groups -OCH3 is 1. The second-order valence-electron chi connectivity index (χ2n) is 11.3. The molecule has 0 aliphatic carbocycles. The highest BCUT2D eigenvalue weighted by Crippen LogP contribution is 2.27. The fraction of sp³-hybridized carbons (Fsp3) is 0.278. The van der Waals surface area contributed by atoms with Gasteiger partial charge in [-0.2, -0.15) is 0 Å². The number of piperazine rings is 1. The number of ether oxygens (including phenoxy) is 1. The number of hydrogen-bond donors (Lipinski definition) is 0.